The van der Waals surface area contributed by atoms with E-state index in [9.17, 15) is 0 Å². The Morgan fingerprint density at radius 3 is 2.75 bits per heavy atom. The molecular formula is C13H22N2O. The van der Waals surface area contributed by atoms with Crippen LogP contribution in [0.25, 0.3) is 0 Å². The monoisotopic (exact) mass is 222 g/mol. The summed E-state index contributed by atoms with van der Waals surface area (Å²) >= 11 is 0. The van der Waals surface area contributed by atoms with Crippen molar-refractivity contribution >= 4 is 0 Å². The fraction of sp³-hybridized carbons (Fsp3) is 0.615. The number of nitrogens with two attached hydrogens (primary N) is 1. The van der Waals surface area contributed by atoms with Gasteiger partial charge in [-0.15, -0.1) is 0 Å². The average Bonchev–Trinajstić information content (AvgIpc) is 2.27. The third-order valence-electron chi connectivity index (χ3n) is 2.74. The molecule has 0 amide bonds. The summed E-state index contributed by atoms with van der Waals surface area (Å²) in [6, 6.07) is 2.07. The van der Waals surface area contributed by atoms with Crippen molar-refractivity contribution in [3.8, 4) is 5.75 Å². The van der Waals surface area contributed by atoms with E-state index in [4.69, 9.17) is 10.5 Å². The number of hydrogen-bond donors (Lipinski definition) is 1. The summed E-state index contributed by atoms with van der Waals surface area (Å²) in [7, 11) is 0. The van der Waals surface area contributed by atoms with Crippen LogP contribution in [0, 0.1) is 0 Å². The number of rotatable bonds is 6. The van der Waals surface area contributed by atoms with Gasteiger partial charge in [0.05, 0.1) is 12.8 Å². The summed E-state index contributed by atoms with van der Waals surface area (Å²) in [6.45, 7) is 7.88. The van der Waals surface area contributed by atoms with Gasteiger partial charge in [-0.3, -0.25) is 4.98 Å². The maximum Gasteiger partial charge on any atom is 0.137 e. The first-order valence-electron chi connectivity index (χ1n) is 5.88. The van der Waals surface area contributed by atoms with E-state index in [0.717, 1.165) is 25.2 Å². The number of pyridine rings is 1. The van der Waals surface area contributed by atoms with Crippen LogP contribution in [0.3, 0.4) is 0 Å². The van der Waals surface area contributed by atoms with Crippen molar-refractivity contribution in [1.82, 2.24) is 4.98 Å². The highest BCUT2D eigenvalue weighted by Gasteiger charge is 2.20. The van der Waals surface area contributed by atoms with Gasteiger partial charge in [-0.05, 0) is 36.4 Å². The van der Waals surface area contributed by atoms with Crippen molar-refractivity contribution in [2.45, 2.75) is 39.0 Å². The van der Waals surface area contributed by atoms with Crippen LogP contribution >= 0.6 is 0 Å². The fourth-order valence-electron chi connectivity index (χ4n) is 1.59. The Morgan fingerprint density at radius 2 is 2.12 bits per heavy atom. The number of nitrogens with zero attached hydrogens (tertiary/aromatic N) is 1. The fourth-order valence-corrected chi connectivity index (χ4v) is 1.59. The summed E-state index contributed by atoms with van der Waals surface area (Å²) in [6.07, 6.45) is 5.62. The van der Waals surface area contributed by atoms with Crippen LogP contribution in [0.4, 0.5) is 0 Å². The molecule has 0 aliphatic rings. The van der Waals surface area contributed by atoms with Crippen molar-refractivity contribution in [3.05, 3.63) is 24.0 Å². The molecule has 0 saturated heterocycles. The molecule has 1 heterocycles. The summed E-state index contributed by atoms with van der Waals surface area (Å²) in [4.78, 5) is 4.22. The molecule has 2 N–H and O–H groups in total. The molecule has 0 saturated carbocycles. The second-order valence-electron chi connectivity index (χ2n) is 4.68. The van der Waals surface area contributed by atoms with E-state index in [-0.39, 0.29) is 5.41 Å². The third-order valence-corrected chi connectivity index (χ3v) is 2.74. The Kier molecular flexibility index (Phi) is 4.74. The van der Waals surface area contributed by atoms with Crippen LogP contribution < -0.4 is 10.5 Å². The highest BCUT2D eigenvalue weighted by Crippen LogP contribution is 2.28. The van der Waals surface area contributed by atoms with E-state index in [0.29, 0.717) is 6.54 Å². The van der Waals surface area contributed by atoms with E-state index in [1.54, 1.807) is 6.20 Å². The zero-order valence-corrected chi connectivity index (χ0v) is 10.5. The van der Waals surface area contributed by atoms with Crippen LogP contribution in [0.1, 0.15) is 39.2 Å². The molecule has 1 aromatic rings. The lowest BCUT2D eigenvalue weighted by molar-refractivity contribution is 0.314. The van der Waals surface area contributed by atoms with E-state index >= 15 is 0 Å². The van der Waals surface area contributed by atoms with E-state index in [1.165, 1.54) is 5.56 Å². The van der Waals surface area contributed by atoms with Gasteiger partial charge in [0.25, 0.3) is 0 Å². The summed E-state index contributed by atoms with van der Waals surface area (Å²) < 4.78 is 5.58. The zero-order chi connectivity index (χ0) is 12.0. The molecule has 0 atom stereocenters. The van der Waals surface area contributed by atoms with Crippen LogP contribution in [0.15, 0.2) is 18.5 Å². The van der Waals surface area contributed by atoms with Crippen LogP contribution in [-0.4, -0.2) is 18.1 Å². The molecule has 0 radical (unpaired) electrons. The molecular weight excluding hydrogens is 200 g/mol. The highest BCUT2D eigenvalue weighted by atomic mass is 16.5. The van der Waals surface area contributed by atoms with Gasteiger partial charge in [-0.1, -0.05) is 20.8 Å². The molecule has 0 aliphatic carbocycles. The lowest BCUT2D eigenvalue weighted by atomic mass is 9.82. The van der Waals surface area contributed by atoms with Crippen molar-refractivity contribution in [1.29, 1.82) is 0 Å². The first-order valence-corrected chi connectivity index (χ1v) is 5.88. The largest absolute Gasteiger partial charge is 0.492 e. The van der Waals surface area contributed by atoms with Gasteiger partial charge >= 0.3 is 0 Å². The number of aromatic nitrogens is 1. The predicted molar refractivity (Wildman–Crippen MR) is 66.7 cm³/mol. The molecule has 90 valence electrons. The lowest BCUT2D eigenvalue weighted by Gasteiger charge is -2.24. The van der Waals surface area contributed by atoms with Crippen LogP contribution in [-0.2, 0) is 5.41 Å². The molecule has 3 nitrogen and oxygen atoms in total. The second kappa shape index (κ2) is 5.85. The third kappa shape index (κ3) is 3.49. The van der Waals surface area contributed by atoms with Gasteiger partial charge in [0.1, 0.15) is 5.75 Å². The lowest BCUT2D eigenvalue weighted by Crippen LogP contribution is -2.21. The standard InChI is InChI=1S/C13H22N2O/c1-4-7-16-12-8-11(9-15-10-12)13(2,3)5-6-14/h8-10H,4-7,14H2,1-3H3. The molecule has 3 heteroatoms. The van der Waals surface area contributed by atoms with Gasteiger partial charge in [-0.2, -0.15) is 0 Å². The number of ether oxygens (including phenoxy) is 1. The first-order chi connectivity index (χ1) is 7.60. The summed E-state index contributed by atoms with van der Waals surface area (Å²) in [5, 5.41) is 0. The molecule has 1 rings (SSSR count). The number of hydrogen-bond acceptors (Lipinski definition) is 3. The molecule has 0 unspecified atom stereocenters. The summed E-state index contributed by atoms with van der Waals surface area (Å²) in [5.74, 6) is 0.851. The van der Waals surface area contributed by atoms with Gasteiger partial charge in [0.15, 0.2) is 0 Å². The Balaban J connectivity index is 2.80. The van der Waals surface area contributed by atoms with Crippen molar-refractivity contribution < 1.29 is 4.74 Å². The molecule has 0 spiro atoms. The molecule has 0 bridgehead atoms. The van der Waals surface area contributed by atoms with Gasteiger partial charge in [0.2, 0.25) is 0 Å². The van der Waals surface area contributed by atoms with Gasteiger partial charge in [0, 0.05) is 6.20 Å². The minimum absolute atomic E-state index is 0.0628. The van der Waals surface area contributed by atoms with E-state index in [1.807, 2.05) is 6.20 Å². The Labute approximate surface area is 98.0 Å². The second-order valence-corrected chi connectivity index (χ2v) is 4.68. The zero-order valence-electron chi connectivity index (χ0n) is 10.5. The first kappa shape index (κ1) is 13.0. The SMILES string of the molecule is CCCOc1cncc(C(C)(C)CCN)c1. The Hall–Kier alpha value is -1.09. The predicted octanol–water partition coefficient (Wildman–Crippen LogP) is 2.50. The molecule has 1 aromatic heterocycles. The maximum absolute atomic E-state index is 5.62. The van der Waals surface area contributed by atoms with E-state index < -0.39 is 0 Å². The maximum atomic E-state index is 5.62. The van der Waals surface area contributed by atoms with Gasteiger partial charge in [-0.25, -0.2) is 0 Å². The molecule has 0 aromatic carbocycles. The topological polar surface area (TPSA) is 48.1 Å². The van der Waals surface area contributed by atoms with Crippen LogP contribution in [0.5, 0.6) is 5.75 Å². The normalized spacial score (nSPS) is 11.5. The van der Waals surface area contributed by atoms with Crippen LogP contribution in [0.2, 0.25) is 0 Å². The van der Waals surface area contributed by atoms with Crippen molar-refractivity contribution in [2.24, 2.45) is 5.73 Å². The molecule has 0 aliphatic heterocycles. The quantitative estimate of drug-likeness (QED) is 0.804. The smallest absolute Gasteiger partial charge is 0.137 e. The van der Waals surface area contributed by atoms with Gasteiger partial charge < -0.3 is 10.5 Å². The average molecular weight is 222 g/mol. The Bertz CT molecular complexity index is 323. The Morgan fingerprint density at radius 1 is 1.38 bits per heavy atom. The van der Waals surface area contributed by atoms with E-state index in [2.05, 4.69) is 31.8 Å². The minimum Gasteiger partial charge on any atom is -0.492 e. The molecule has 16 heavy (non-hydrogen) atoms. The van der Waals surface area contributed by atoms with Crippen molar-refractivity contribution in [2.75, 3.05) is 13.2 Å². The van der Waals surface area contributed by atoms with Crippen molar-refractivity contribution in [3.63, 3.8) is 0 Å². The summed E-state index contributed by atoms with van der Waals surface area (Å²) in [5.41, 5.74) is 6.87. The minimum atomic E-state index is 0.0628. The molecule has 0 fully saturated rings. The highest BCUT2D eigenvalue weighted by molar-refractivity contribution is 5.29.